The largest absolute Gasteiger partial charge is 0.493 e. The van der Waals surface area contributed by atoms with E-state index in [1.807, 2.05) is 18.2 Å². The van der Waals surface area contributed by atoms with Gasteiger partial charge in [0.05, 0.1) is 27.0 Å². The Morgan fingerprint density at radius 1 is 0.967 bits per heavy atom. The van der Waals surface area contributed by atoms with Gasteiger partial charge in [-0.1, -0.05) is 0 Å². The zero-order chi connectivity index (χ0) is 21.3. The predicted molar refractivity (Wildman–Crippen MR) is 117 cm³/mol. The summed E-state index contributed by atoms with van der Waals surface area (Å²) in [6, 6.07) is 9.30. The minimum absolute atomic E-state index is 0.437. The highest BCUT2D eigenvalue weighted by molar-refractivity contribution is 5.67. The molecule has 0 radical (unpaired) electrons. The number of nitrogens with two attached hydrogens (primary N) is 1. The molecule has 0 aliphatic carbocycles. The maximum atomic E-state index is 5.51. The summed E-state index contributed by atoms with van der Waals surface area (Å²) in [5.74, 6) is 2.84. The molecule has 0 fully saturated rings. The second kappa shape index (κ2) is 10.3. The summed E-state index contributed by atoms with van der Waals surface area (Å²) in [5, 5.41) is 6.41. The van der Waals surface area contributed by atoms with E-state index in [9.17, 15) is 0 Å². The lowest BCUT2D eigenvalue weighted by molar-refractivity contribution is 0.324. The number of nitrogens with zero attached hydrogens (tertiary/aromatic N) is 3. The first kappa shape index (κ1) is 21.1. The van der Waals surface area contributed by atoms with E-state index in [1.165, 1.54) is 0 Å². The molecule has 0 aliphatic rings. The highest BCUT2D eigenvalue weighted by Gasteiger charge is 2.14. The first-order valence-electron chi connectivity index (χ1n) is 9.49. The van der Waals surface area contributed by atoms with Crippen LogP contribution >= 0.6 is 0 Å². The third kappa shape index (κ3) is 5.06. The van der Waals surface area contributed by atoms with Gasteiger partial charge in [0.15, 0.2) is 11.5 Å². The molecule has 0 bridgehead atoms. The zero-order valence-electron chi connectivity index (χ0n) is 17.3. The number of nitrogens with one attached hydrogen (secondary N) is 2. The average Bonchev–Trinajstić information content (AvgIpc) is 2.79. The van der Waals surface area contributed by atoms with Crippen molar-refractivity contribution in [2.24, 2.45) is 5.73 Å². The molecule has 0 aliphatic heterocycles. The Morgan fingerprint density at radius 3 is 2.33 bits per heavy atom. The van der Waals surface area contributed by atoms with Gasteiger partial charge in [-0.15, -0.1) is 0 Å². The number of benzene rings is 1. The summed E-state index contributed by atoms with van der Waals surface area (Å²) in [6.07, 6.45) is 4.36. The Labute approximate surface area is 175 Å². The van der Waals surface area contributed by atoms with E-state index >= 15 is 0 Å². The highest BCUT2D eigenvalue weighted by atomic mass is 16.5. The number of hydrogen-bond acceptors (Lipinski definition) is 9. The van der Waals surface area contributed by atoms with Crippen molar-refractivity contribution in [3.63, 3.8) is 0 Å². The lowest BCUT2D eigenvalue weighted by Gasteiger charge is -2.14. The molecule has 30 heavy (non-hydrogen) atoms. The van der Waals surface area contributed by atoms with Gasteiger partial charge in [0.25, 0.3) is 0 Å². The van der Waals surface area contributed by atoms with Crippen molar-refractivity contribution >= 4 is 17.5 Å². The number of hydrogen-bond donors (Lipinski definition) is 3. The second-order valence-corrected chi connectivity index (χ2v) is 6.31. The molecular weight excluding hydrogens is 384 g/mol. The van der Waals surface area contributed by atoms with Crippen LogP contribution in [0.5, 0.6) is 17.2 Å². The van der Waals surface area contributed by atoms with Gasteiger partial charge in [0.2, 0.25) is 11.7 Å². The number of aromatic nitrogens is 3. The van der Waals surface area contributed by atoms with E-state index in [2.05, 4.69) is 25.6 Å². The fourth-order valence-electron chi connectivity index (χ4n) is 2.83. The molecule has 0 amide bonds. The van der Waals surface area contributed by atoms with Crippen LogP contribution in [0.4, 0.5) is 17.5 Å². The van der Waals surface area contributed by atoms with Crippen LogP contribution in [-0.2, 0) is 0 Å². The van der Waals surface area contributed by atoms with Crippen LogP contribution in [0.15, 0.2) is 42.7 Å². The molecule has 9 nitrogen and oxygen atoms in total. The van der Waals surface area contributed by atoms with Crippen molar-refractivity contribution in [3.8, 4) is 28.5 Å². The Kier molecular flexibility index (Phi) is 7.23. The number of ether oxygens (including phenoxy) is 3. The van der Waals surface area contributed by atoms with E-state index < -0.39 is 0 Å². The number of methoxy groups -OCH3 is 3. The molecule has 3 aromatic rings. The minimum atomic E-state index is 0.437. The SMILES string of the molecule is COc1cc(Nc2nccc(-c3ccc(NCCCN)nc3)n2)cc(OC)c1OC. The molecule has 9 heteroatoms. The summed E-state index contributed by atoms with van der Waals surface area (Å²) in [6.45, 7) is 1.44. The Balaban J connectivity index is 1.79. The molecule has 0 atom stereocenters. The quantitative estimate of drug-likeness (QED) is 0.434. The monoisotopic (exact) mass is 410 g/mol. The molecule has 2 aromatic heterocycles. The molecule has 0 saturated carbocycles. The fourth-order valence-corrected chi connectivity index (χ4v) is 2.83. The van der Waals surface area contributed by atoms with Crippen LogP contribution in [-0.4, -0.2) is 49.4 Å². The van der Waals surface area contributed by atoms with Crippen LogP contribution in [0.3, 0.4) is 0 Å². The normalized spacial score (nSPS) is 10.4. The van der Waals surface area contributed by atoms with Crippen molar-refractivity contribution in [2.45, 2.75) is 6.42 Å². The molecule has 4 N–H and O–H groups in total. The first-order chi connectivity index (χ1) is 14.7. The Morgan fingerprint density at radius 2 is 1.73 bits per heavy atom. The molecular formula is C21H26N6O3. The Bertz CT molecular complexity index is 940. The highest BCUT2D eigenvalue weighted by Crippen LogP contribution is 2.40. The fraction of sp³-hybridized carbons (Fsp3) is 0.286. The van der Waals surface area contributed by atoms with E-state index in [0.717, 1.165) is 30.0 Å². The third-order valence-electron chi connectivity index (χ3n) is 4.32. The van der Waals surface area contributed by atoms with Crippen LogP contribution < -0.4 is 30.6 Å². The topological polar surface area (TPSA) is 116 Å². The zero-order valence-corrected chi connectivity index (χ0v) is 17.3. The Hall–Kier alpha value is -3.59. The molecule has 2 heterocycles. The van der Waals surface area contributed by atoms with Crippen LogP contribution in [0.2, 0.25) is 0 Å². The van der Waals surface area contributed by atoms with E-state index in [-0.39, 0.29) is 0 Å². The van der Waals surface area contributed by atoms with Crippen LogP contribution in [0.1, 0.15) is 6.42 Å². The van der Waals surface area contributed by atoms with E-state index in [1.54, 1.807) is 45.9 Å². The molecule has 1 aromatic carbocycles. The van der Waals surface area contributed by atoms with E-state index in [4.69, 9.17) is 19.9 Å². The molecule has 0 unspecified atom stereocenters. The van der Waals surface area contributed by atoms with Gasteiger partial charge in [-0.05, 0) is 31.2 Å². The minimum Gasteiger partial charge on any atom is -0.493 e. The van der Waals surface area contributed by atoms with E-state index in [0.29, 0.717) is 35.4 Å². The first-order valence-corrected chi connectivity index (χ1v) is 9.49. The third-order valence-corrected chi connectivity index (χ3v) is 4.32. The van der Waals surface area contributed by atoms with Gasteiger partial charge < -0.3 is 30.6 Å². The second-order valence-electron chi connectivity index (χ2n) is 6.31. The summed E-state index contributed by atoms with van der Waals surface area (Å²) in [4.78, 5) is 13.3. The average molecular weight is 410 g/mol. The number of anilines is 3. The maximum absolute atomic E-state index is 5.51. The van der Waals surface area contributed by atoms with Crippen molar-refractivity contribution in [1.29, 1.82) is 0 Å². The molecule has 0 spiro atoms. The molecule has 158 valence electrons. The standard InChI is InChI=1S/C21H26N6O3/c1-28-17-11-15(12-18(29-2)20(17)30-3)26-21-24-10-7-16(27-21)14-5-6-19(25-13-14)23-9-4-8-22/h5-7,10-13H,4,8-9,22H2,1-3H3,(H,23,25)(H,24,26,27). The summed E-state index contributed by atoms with van der Waals surface area (Å²) < 4.78 is 16.1. The van der Waals surface area contributed by atoms with Crippen molar-refractivity contribution in [1.82, 2.24) is 15.0 Å². The van der Waals surface area contributed by atoms with Gasteiger partial charge in [0.1, 0.15) is 5.82 Å². The van der Waals surface area contributed by atoms with Gasteiger partial charge >= 0.3 is 0 Å². The molecule has 3 rings (SSSR count). The van der Waals surface area contributed by atoms with Gasteiger partial charge in [-0.3, -0.25) is 0 Å². The number of pyridine rings is 1. The van der Waals surface area contributed by atoms with Crippen molar-refractivity contribution in [2.75, 3.05) is 45.1 Å². The van der Waals surface area contributed by atoms with Crippen LogP contribution in [0.25, 0.3) is 11.3 Å². The lowest BCUT2D eigenvalue weighted by Crippen LogP contribution is -2.09. The lowest BCUT2D eigenvalue weighted by atomic mass is 10.2. The van der Waals surface area contributed by atoms with Crippen molar-refractivity contribution in [3.05, 3.63) is 42.7 Å². The van der Waals surface area contributed by atoms with Gasteiger partial charge in [-0.25, -0.2) is 15.0 Å². The maximum Gasteiger partial charge on any atom is 0.227 e. The smallest absolute Gasteiger partial charge is 0.227 e. The van der Waals surface area contributed by atoms with Gasteiger partial charge in [-0.2, -0.15) is 0 Å². The van der Waals surface area contributed by atoms with Gasteiger partial charge in [0, 0.05) is 42.3 Å². The summed E-state index contributed by atoms with van der Waals surface area (Å²) in [7, 11) is 4.70. The summed E-state index contributed by atoms with van der Waals surface area (Å²) in [5.41, 5.74) is 7.85. The van der Waals surface area contributed by atoms with Crippen LogP contribution in [0, 0.1) is 0 Å². The number of rotatable bonds is 10. The molecule has 0 saturated heterocycles. The summed E-state index contributed by atoms with van der Waals surface area (Å²) >= 11 is 0. The predicted octanol–water partition coefficient (Wildman–Crippen LogP) is 3.07. The van der Waals surface area contributed by atoms with Crippen molar-refractivity contribution < 1.29 is 14.2 Å².